The SMILES string of the molecule is Fc1ccc(-c2cc(-c3cnc4nc(C(F)(F)F)cnn34)ccc2F)nc1. The standard InChI is InChI=1S/C17H8F5N5/c18-10-2-4-13(23-6-10)11-5-9(1-3-12(11)19)14-7-24-16-26-15(17(20,21)22)8-25-27(14)16/h1-8H. The fourth-order valence-electron chi connectivity index (χ4n) is 2.52. The lowest BCUT2D eigenvalue weighted by Crippen LogP contribution is -2.11. The predicted octanol–water partition coefficient (Wildman–Crippen LogP) is 4.15. The first-order valence-electron chi connectivity index (χ1n) is 7.53. The molecule has 0 spiro atoms. The topological polar surface area (TPSA) is 56.0 Å². The third-order valence-electron chi connectivity index (χ3n) is 3.79. The molecule has 0 aliphatic heterocycles. The summed E-state index contributed by atoms with van der Waals surface area (Å²) in [5.74, 6) is -1.39. The molecule has 0 atom stereocenters. The molecule has 3 aromatic heterocycles. The van der Waals surface area contributed by atoms with E-state index in [1.165, 1.54) is 30.5 Å². The molecule has 0 saturated heterocycles. The van der Waals surface area contributed by atoms with Gasteiger partial charge in [0.15, 0.2) is 5.69 Å². The third kappa shape index (κ3) is 3.09. The van der Waals surface area contributed by atoms with E-state index in [0.717, 1.165) is 16.8 Å². The number of hydrogen-bond donors (Lipinski definition) is 0. The molecule has 27 heavy (non-hydrogen) atoms. The zero-order valence-electron chi connectivity index (χ0n) is 13.2. The van der Waals surface area contributed by atoms with Gasteiger partial charge in [0.2, 0.25) is 0 Å². The lowest BCUT2D eigenvalue weighted by atomic mass is 10.0. The number of fused-ring (bicyclic) bond motifs is 1. The Morgan fingerprint density at radius 3 is 2.41 bits per heavy atom. The molecule has 4 aromatic rings. The van der Waals surface area contributed by atoms with Gasteiger partial charge < -0.3 is 0 Å². The highest BCUT2D eigenvalue weighted by atomic mass is 19.4. The lowest BCUT2D eigenvalue weighted by molar-refractivity contribution is -0.141. The van der Waals surface area contributed by atoms with E-state index in [-0.39, 0.29) is 17.0 Å². The van der Waals surface area contributed by atoms with Gasteiger partial charge in [0.05, 0.1) is 30.0 Å². The van der Waals surface area contributed by atoms with Crippen molar-refractivity contribution in [2.75, 3.05) is 0 Å². The van der Waals surface area contributed by atoms with Crippen molar-refractivity contribution >= 4 is 5.78 Å². The molecule has 0 radical (unpaired) electrons. The highest BCUT2D eigenvalue weighted by molar-refractivity contribution is 5.70. The smallest absolute Gasteiger partial charge is 0.253 e. The van der Waals surface area contributed by atoms with Crippen molar-refractivity contribution in [2.45, 2.75) is 6.18 Å². The molecule has 4 rings (SSSR count). The normalized spacial score (nSPS) is 11.9. The summed E-state index contributed by atoms with van der Waals surface area (Å²) in [4.78, 5) is 11.1. The van der Waals surface area contributed by atoms with E-state index in [9.17, 15) is 22.0 Å². The summed E-state index contributed by atoms with van der Waals surface area (Å²) in [6.45, 7) is 0. The van der Waals surface area contributed by atoms with E-state index in [1.54, 1.807) is 0 Å². The van der Waals surface area contributed by atoms with Crippen molar-refractivity contribution in [3.8, 4) is 22.5 Å². The van der Waals surface area contributed by atoms with Gasteiger partial charge in [0.1, 0.15) is 11.6 Å². The lowest BCUT2D eigenvalue weighted by Gasteiger charge is -2.07. The molecule has 0 aliphatic carbocycles. The van der Waals surface area contributed by atoms with Crippen molar-refractivity contribution in [3.63, 3.8) is 0 Å². The first-order chi connectivity index (χ1) is 12.8. The number of alkyl halides is 3. The van der Waals surface area contributed by atoms with Gasteiger partial charge in [0.25, 0.3) is 5.78 Å². The van der Waals surface area contributed by atoms with Crippen LogP contribution in [0, 0.1) is 11.6 Å². The second-order valence-electron chi connectivity index (χ2n) is 5.55. The zero-order valence-corrected chi connectivity index (χ0v) is 13.2. The fourth-order valence-corrected chi connectivity index (χ4v) is 2.52. The Morgan fingerprint density at radius 1 is 0.889 bits per heavy atom. The molecule has 10 heteroatoms. The fraction of sp³-hybridized carbons (Fsp3) is 0.0588. The Labute approximate surface area is 148 Å². The summed E-state index contributed by atoms with van der Waals surface area (Å²) in [5.41, 5.74) is -0.117. The summed E-state index contributed by atoms with van der Waals surface area (Å²) in [6, 6.07) is 6.49. The molecule has 0 bridgehead atoms. The number of nitrogens with zero attached hydrogens (tertiary/aromatic N) is 5. The summed E-state index contributed by atoms with van der Waals surface area (Å²) in [7, 11) is 0. The van der Waals surface area contributed by atoms with Crippen LogP contribution >= 0.6 is 0 Å². The average molecular weight is 377 g/mol. The molecule has 0 amide bonds. The van der Waals surface area contributed by atoms with Gasteiger partial charge in [-0.15, -0.1) is 0 Å². The van der Waals surface area contributed by atoms with Crippen LogP contribution in [-0.2, 0) is 6.18 Å². The van der Waals surface area contributed by atoms with Crippen molar-refractivity contribution < 1.29 is 22.0 Å². The first kappa shape index (κ1) is 17.0. The van der Waals surface area contributed by atoms with Gasteiger partial charge in [-0.05, 0) is 30.3 Å². The largest absolute Gasteiger partial charge is 0.435 e. The molecule has 136 valence electrons. The predicted molar refractivity (Wildman–Crippen MR) is 84.4 cm³/mol. The molecule has 0 saturated carbocycles. The Kier molecular flexibility index (Phi) is 3.83. The summed E-state index contributed by atoms with van der Waals surface area (Å²) in [5, 5.41) is 3.73. The van der Waals surface area contributed by atoms with Crippen LogP contribution in [0.1, 0.15) is 5.69 Å². The van der Waals surface area contributed by atoms with Crippen LogP contribution in [-0.4, -0.2) is 24.6 Å². The monoisotopic (exact) mass is 377 g/mol. The first-order valence-corrected chi connectivity index (χ1v) is 7.53. The number of halogens is 5. The molecule has 1 aromatic carbocycles. The average Bonchev–Trinajstić information content (AvgIpc) is 3.05. The number of aromatic nitrogens is 5. The quantitative estimate of drug-likeness (QED) is 0.493. The minimum absolute atomic E-state index is 0.0994. The third-order valence-corrected chi connectivity index (χ3v) is 3.79. The Hall–Kier alpha value is -3.43. The van der Waals surface area contributed by atoms with E-state index in [0.29, 0.717) is 17.5 Å². The Balaban J connectivity index is 1.82. The molecule has 0 unspecified atom stereocenters. The zero-order chi connectivity index (χ0) is 19.2. The number of benzene rings is 1. The summed E-state index contributed by atoms with van der Waals surface area (Å²) < 4.78 is 66.6. The van der Waals surface area contributed by atoms with E-state index in [1.807, 2.05) is 0 Å². The van der Waals surface area contributed by atoms with Gasteiger partial charge in [-0.1, -0.05) is 0 Å². The molecule has 5 nitrogen and oxygen atoms in total. The van der Waals surface area contributed by atoms with E-state index in [2.05, 4.69) is 20.1 Å². The highest BCUT2D eigenvalue weighted by Gasteiger charge is 2.33. The van der Waals surface area contributed by atoms with Crippen LogP contribution in [0.15, 0.2) is 48.9 Å². The van der Waals surface area contributed by atoms with Crippen molar-refractivity contribution in [2.24, 2.45) is 0 Å². The van der Waals surface area contributed by atoms with Crippen LogP contribution in [0.4, 0.5) is 22.0 Å². The Bertz CT molecular complexity index is 1130. The maximum absolute atomic E-state index is 14.2. The van der Waals surface area contributed by atoms with Crippen LogP contribution in [0.5, 0.6) is 0 Å². The van der Waals surface area contributed by atoms with E-state index < -0.39 is 23.5 Å². The second kappa shape index (κ2) is 6.08. The van der Waals surface area contributed by atoms with Crippen LogP contribution in [0.2, 0.25) is 0 Å². The summed E-state index contributed by atoms with van der Waals surface area (Å²) >= 11 is 0. The number of pyridine rings is 1. The van der Waals surface area contributed by atoms with Crippen molar-refractivity contribution in [1.29, 1.82) is 0 Å². The van der Waals surface area contributed by atoms with Gasteiger partial charge in [-0.25, -0.2) is 18.7 Å². The van der Waals surface area contributed by atoms with Crippen LogP contribution < -0.4 is 0 Å². The maximum Gasteiger partial charge on any atom is 0.435 e. The molecular formula is C17H8F5N5. The molecule has 3 heterocycles. The molecule has 0 N–H and O–H groups in total. The van der Waals surface area contributed by atoms with Gasteiger partial charge in [0, 0.05) is 11.1 Å². The van der Waals surface area contributed by atoms with Gasteiger partial charge >= 0.3 is 6.18 Å². The van der Waals surface area contributed by atoms with Crippen LogP contribution in [0.3, 0.4) is 0 Å². The second-order valence-corrected chi connectivity index (χ2v) is 5.55. The minimum Gasteiger partial charge on any atom is -0.253 e. The van der Waals surface area contributed by atoms with Gasteiger partial charge in [-0.2, -0.15) is 22.8 Å². The summed E-state index contributed by atoms with van der Waals surface area (Å²) in [6.07, 6.45) is -1.81. The molecule has 0 aliphatic rings. The highest BCUT2D eigenvalue weighted by Crippen LogP contribution is 2.30. The number of rotatable bonds is 2. The van der Waals surface area contributed by atoms with Crippen LogP contribution in [0.25, 0.3) is 28.3 Å². The van der Waals surface area contributed by atoms with Crippen molar-refractivity contribution in [1.82, 2.24) is 24.6 Å². The Morgan fingerprint density at radius 2 is 1.70 bits per heavy atom. The number of imidazole rings is 1. The molecular weight excluding hydrogens is 369 g/mol. The van der Waals surface area contributed by atoms with Gasteiger partial charge in [-0.3, -0.25) is 4.98 Å². The maximum atomic E-state index is 14.2. The van der Waals surface area contributed by atoms with E-state index in [4.69, 9.17) is 0 Å². The minimum atomic E-state index is -4.64. The molecule has 0 fully saturated rings. The van der Waals surface area contributed by atoms with E-state index >= 15 is 0 Å². The number of hydrogen-bond acceptors (Lipinski definition) is 4. The van der Waals surface area contributed by atoms with Crippen molar-refractivity contribution in [3.05, 3.63) is 66.3 Å².